The maximum atomic E-state index is 11.8. The molecule has 1 heterocycles. The molecule has 114 valence electrons. The Labute approximate surface area is 137 Å². The van der Waals surface area contributed by atoms with Crippen LogP contribution < -0.4 is 5.32 Å². The Morgan fingerprint density at radius 2 is 2.18 bits per heavy atom. The second-order valence-electron chi connectivity index (χ2n) is 4.15. The first-order valence-corrected chi connectivity index (χ1v) is 7.24. The predicted octanol–water partition coefficient (Wildman–Crippen LogP) is 4.04. The highest BCUT2D eigenvalue weighted by Crippen LogP contribution is 2.25. The molecule has 0 saturated carbocycles. The zero-order valence-corrected chi connectivity index (χ0v) is 13.2. The van der Waals surface area contributed by atoms with Crippen molar-refractivity contribution in [2.24, 2.45) is 0 Å². The lowest BCUT2D eigenvalue weighted by Crippen LogP contribution is -2.08. The number of carbonyl (C=O) groups excluding carboxylic acids is 1. The summed E-state index contributed by atoms with van der Waals surface area (Å²) in [6, 6.07) is 6.65. The van der Waals surface area contributed by atoms with Crippen LogP contribution in [0.15, 0.2) is 36.7 Å². The number of anilines is 1. The van der Waals surface area contributed by atoms with Crippen LogP contribution in [0.4, 0.5) is 5.69 Å². The molecule has 0 amide bonds. The van der Waals surface area contributed by atoms with Crippen LogP contribution in [-0.4, -0.2) is 22.8 Å². The van der Waals surface area contributed by atoms with Gasteiger partial charge in [0.05, 0.1) is 29.1 Å². The first-order chi connectivity index (χ1) is 10.6. The van der Waals surface area contributed by atoms with Crippen molar-refractivity contribution >= 4 is 40.9 Å². The monoisotopic (exact) mass is 337 g/mol. The molecule has 5 nitrogen and oxygen atoms in total. The van der Waals surface area contributed by atoms with Crippen LogP contribution in [-0.2, 0) is 4.74 Å². The van der Waals surface area contributed by atoms with E-state index in [9.17, 15) is 4.79 Å². The van der Waals surface area contributed by atoms with Crippen molar-refractivity contribution < 1.29 is 9.53 Å². The third kappa shape index (κ3) is 4.19. The molecule has 1 N–H and O–H groups in total. The number of nitrogens with one attached hydrogen (secondary N) is 1. The van der Waals surface area contributed by atoms with E-state index in [-0.39, 0.29) is 0 Å². The average Bonchev–Trinajstić information content (AvgIpc) is 2.50. The molecule has 0 radical (unpaired) electrons. The molecule has 0 atom stereocenters. The molecule has 0 fully saturated rings. The number of nitrogens with zero attached hydrogens (tertiary/aromatic N) is 2. The van der Waals surface area contributed by atoms with Crippen LogP contribution in [0.1, 0.15) is 23.0 Å². The van der Waals surface area contributed by atoms with Gasteiger partial charge in [0.1, 0.15) is 5.69 Å². The van der Waals surface area contributed by atoms with Gasteiger partial charge in [0.15, 0.2) is 0 Å². The first-order valence-electron chi connectivity index (χ1n) is 6.48. The van der Waals surface area contributed by atoms with Gasteiger partial charge in [-0.15, -0.1) is 0 Å². The summed E-state index contributed by atoms with van der Waals surface area (Å²) in [6.07, 6.45) is 4.67. The number of rotatable bonds is 5. The van der Waals surface area contributed by atoms with E-state index in [1.165, 1.54) is 6.20 Å². The van der Waals surface area contributed by atoms with Crippen LogP contribution >= 0.6 is 23.2 Å². The van der Waals surface area contributed by atoms with E-state index in [0.717, 1.165) is 0 Å². The highest BCUT2D eigenvalue weighted by molar-refractivity contribution is 6.36. The van der Waals surface area contributed by atoms with Gasteiger partial charge < -0.3 is 10.1 Å². The Hall–Kier alpha value is -2.11. The molecule has 1 aromatic carbocycles. The number of aromatic nitrogens is 2. The number of benzene rings is 1. The maximum Gasteiger partial charge on any atom is 0.340 e. The molecular formula is C15H13Cl2N3O2. The number of hydrogen-bond donors (Lipinski definition) is 1. The van der Waals surface area contributed by atoms with Crippen molar-refractivity contribution in [2.45, 2.75) is 6.92 Å². The fraction of sp³-hybridized carbons (Fsp3) is 0.133. The molecule has 0 aliphatic rings. The number of halogens is 2. The Bertz CT molecular complexity index is 705. The summed E-state index contributed by atoms with van der Waals surface area (Å²) in [5.41, 5.74) is 1.43. The van der Waals surface area contributed by atoms with Gasteiger partial charge in [0.25, 0.3) is 0 Å². The lowest BCUT2D eigenvalue weighted by molar-refractivity contribution is 0.0525. The van der Waals surface area contributed by atoms with Crippen molar-refractivity contribution in [3.63, 3.8) is 0 Å². The Kier molecular flexibility index (Phi) is 5.75. The largest absolute Gasteiger partial charge is 0.462 e. The van der Waals surface area contributed by atoms with Crippen molar-refractivity contribution in [1.82, 2.24) is 10.2 Å². The molecule has 7 heteroatoms. The van der Waals surface area contributed by atoms with Gasteiger partial charge in [-0.05, 0) is 37.3 Å². The summed E-state index contributed by atoms with van der Waals surface area (Å²) in [4.78, 5) is 11.8. The van der Waals surface area contributed by atoms with E-state index >= 15 is 0 Å². The molecular weight excluding hydrogens is 325 g/mol. The summed E-state index contributed by atoms with van der Waals surface area (Å²) < 4.78 is 4.97. The quantitative estimate of drug-likeness (QED) is 0.834. The highest BCUT2D eigenvalue weighted by Gasteiger charge is 2.11. The second-order valence-corrected chi connectivity index (χ2v) is 5.00. The van der Waals surface area contributed by atoms with Gasteiger partial charge in [0, 0.05) is 11.2 Å². The van der Waals surface area contributed by atoms with E-state index in [1.54, 1.807) is 43.5 Å². The number of hydrogen-bond acceptors (Lipinski definition) is 5. The van der Waals surface area contributed by atoms with E-state index in [2.05, 4.69) is 15.5 Å². The molecule has 0 saturated heterocycles. The van der Waals surface area contributed by atoms with Crippen LogP contribution in [0.5, 0.6) is 0 Å². The zero-order valence-electron chi connectivity index (χ0n) is 11.7. The minimum Gasteiger partial charge on any atom is -0.462 e. The van der Waals surface area contributed by atoms with Crippen molar-refractivity contribution in [1.29, 1.82) is 0 Å². The van der Waals surface area contributed by atoms with E-state index in [0.29, 0.717) is 33.6 Å². The standard InChI is InChI=1S/C15H13Cl2N3O2/c1-2-22-15(21)11-5-8-19-20-13(11)6-7-18-14-4-3-10(16)9-12(14)17/h3-9,18H,2H2,1H3/b7-6+. The van der Waals surface area contributed by atoms with Gasteiger partial charge in [-0.3, -0.25) is 0 Å². The van der Waals surface area contributed by atoms with Crippen molar-refractivity contribution in [3.8, 4) is 0 Å². The molecule has 0 spiro atoms. The van der Waals surface area contributed by atoms with Crippen molar-refractivity contribution in [2.75, 3.05) is 11.9 Å². The van der Waals surface area contributed by atoms with Crippen LogP contribution in [0, 0.1) is 0 Å². The zero-order chi connectivity index (χ0) is 15.9. The Morgan fingerprint density at radius 3 is 2.91 bits per heavy atom. The van der Waals surface area contributed by atoms with Gasteiger partial charge in [-0.25, -0.2) is 4.79 Å². The fourth-order valence-electron chi connectivity index (χ4n) is 1.66. The smallest absolute Gasteiger partial charge is 0.340 e. The minimum absolute atomic E-state index is 0.295. The Morgan fingerprint density at radius 1 is 1.36 bits per heavy atom. The maximum absolute atomic E-state index is 11.8. The topological polar surface area (TPSA) is 64.1 Å². The Balaban J connectivity index is 2.15. The molecule has 2 rings (SSSR count). The number of ether oxygens (including phenoxy) is 1. The van der Waals surface area contributed by atoms with Gasteiger partial charge >= 0.3 is 5.97 Å². The van der Waals surface area contributed by atoms with Gasteiger partial charge in [0.2, 0.25) is 0 Å². The van der Waals surface area contributed by atoms with Gasteiger partial charge in [-0.2, -0.15) is 10.2 Å². The summed E-state index contributed by atoms with van der Waals surface area (Å²) in [5.74, 6) is -0.443. The molecule has 0 aliphatic carbocycles. The van der Waals surface area contributed by atoms with Crippen molar-refractivity contribution in [3.05, 3.63) is 58.0 Å². The van der Waals surface area contributed by atoms with Crippen LogP contribution in [0.2, 0.25) is 10.0 Å². The van der Waals surface area contributed by atoms with Crippen LogP contribution in [0.25, 0.3) is 6.08 Å². The first kappa shape index (κ1) is 16.3. The molecule has 0 bridgehead atoms. The lowest BCUT2D eigenvalue weighted by atomic mass is 10.2. The number of esters is 1. The highest BCUT2D eigenvalue weighted by atomic mass is 35.5. The third-order valence-electron chi connectivity index (χ3n) is 2.66. The summed E-state index contributed by atoms with van der Waals surface area (Å²) in [7, 11) is 0. The second kappa shape index (κ2) is 7.77. The summed E-state index contributed by atoms with van der Waals surface area (Å²) in [6.45, 7) is 2.04. The van der Waals surface area contributed by atoms with E-state index in [1.807, 2.05) is 0 Å². The fourth-order valence-corrected chi connectivity index (χ4v) is 2.13. The predicted molar refractivity (Wildman–Crippen MR) is 87.1 cm³/mol. The molecule has 0 aliphatic heterocycles. The third-order valence-corrected chi connectivity index (χ3v) is 3.20. The molecule has 1 aromatic heterocycles. The van der Waals surface area contributed by atoms with E-state index in [4.69, 9.17) is 27.9 Å². The SMILES string of the molecule is CCOC(=O)c1ccnnc1/C=C/Nc1ccc(Cl)cc1Cl. The summed E-state index contributed by atoms with van der Waals surface area (Å²) in [5, 5.41) is 11.7. The normalized spacial score (nSPS) is 10.7. The average molecular weight is 338 g/mol. The number of carbonyl (C=O) groups is 1. The van der Waals surface area contributed by atoms with E-state index < -0.39 is 5.97 Å². The lowest BCUT2D eigenvalue weighted by Gasteiger charge is -2.05. The molecule has 0 unspecified atom stereocenters. The molecule has 2 aromatic rings. The molecule has 22 heavy (non-hydrogen) atoms. The summed E-state index contributed by atoms with van der Waals surface area (Å²) >= 11 is 11.9. The van der Waals surface area contributed by atoms with Crippen LogP contribution in [0.3, 0.4) is 0 Å². The van der Waals surface area contributed by atoms with Gasteiger partial charge in [-0.1, -0.05) is 23.2 Å². The minimum atomic E-state index is -0.443.